The fourth-order valence-corrected chi connectivity index (χ4v) is 4.67. The molecule has 0 saturated carbocycles. The quantitative estimate of drug-likeness (QED) is 0.437. The molecule has 0 amide bonds. The number of hydrogen-bond donors (Lipinski definition) is 0. The van der Waals surface area contributed by atoms with Crippen LogP contribution < -0.4 is 4.87 Å². The van der Waals surface area contributed by atoms with Crippen molar-refractivity contribution in [1.29, 1.82) is 0 Å². The number of benzene rings is 3. The van der Waals surface area contributed by atoms with Crippen LogP contribution in [0.4, 0.5) is 8.78 Å². The Balaban J connectivity index is 1.31. The van der Waals surface area contributed by atoms with Crippen molar-refractivity contribution < 1.29 is 13.5 Å². The average Bonchev–Trinajstić information content (AvgIpc) is 3.37. The molecule has 1 atom stereocenters. The predicted octanol–water partition coefficient (Wildman–Crippen LogP) is 5.10. The number of aliphatic imine (C=N–C) groups is 1. The topological polar surface area (TPSA) is 43.6 Å². The molecule has 0 spiro atoms. The first-order valence-corrected chi connectivity index (χ1v) is 10.7. The summed E-state index contributed by atoms with van der Waals surface area (Å²) in [6.45, 7) is 0.836. The van der Waals surface area contributed by atoms with Crippen LogP contribution in [0, 0.1) is 11.6 Å². The van der Waals surface area contributed by atoms with Gasteiger partial charge in [0.2, 0.25) is 5.90 Å². The molecule has 1 unspecified atom stereocenters. The maximum atomic E-state index is 14.0. The van der Waals surface area contributed by atoms with Crippen molar-refractivity contribution in [1.82, 2.24) is 4.57 Å². The van der Waals surface area contributed by atoms with E-state index in [0.717, 1.165) is 27.8 Å². The summed E-state index contributed by atoms with van der Waals surface area (Å²) in [5, 5.41) is 0. The fraction of sp³-hybridized carbons (Fsp3) is 0.167. The van der Waals surface area contributed by atoms with E-state index in [-0.39, 0.29) is 29.0 Å². The Bertz CT molecular complexity index is 1320. The summed E-state index contributed by atoms with van der Waals surface area (Å²) in [4.78, 5) is 16.7. The van der Waals surface area contributed by atoms with Crippen LogP contribution in [0.15, 0.2) is 76.5 Å². The van der Waals surface area contributed by atoms with Crippen molar-refractivity contribution in [3.05, 3.63) is 105 Å². The van der Waals surface area contributed by atoms with E-state index in [0.29, 0.717) is 6.54 Å². The first kappa shape index (κ1) is 19.6. The molecule has 2 heterocycles. The van der Waals surface area contributed by atoms with Crippen molar-refractivity contribution in [3.63, 3.8) is 0 Å². The van der Waals surface area contributed by atoms with Crippen molar-refractivity contribution in [2.45, 2.75) is 19.0 Å². The van der Waals surface area contributed by atoms with Crippen LogP contribution >= 0.6 is 11.3 Å². The predicted molar refractivity (Wildman–Crippen MR) is 118 cm³/mol. The third-order valence-corrected chi connectivity index (χ3v) is 6.35. The standard InChI is InChI=1S/C24H18F2N2O2S/c25-17-4-3-5-18(26)22(17)23-27-19(14-30-23)16-10-8-15(9-11-16)12-13-28-20-6-1-2-7-21(20)31-24(28)29/h1-11,19H,12-14H2. The van der Waals surface area contributed by atoms with Crippen LogP contribution in [0.5, 0.6) is 0 Å². The maximum absolute atomic E-state index is 14.0. The molecule has 0 saturated heterocycles. The number of rotatable bonds is 5. The van der Waals surface area contributed by atoms with E-state index >= 15 is 0 Å². The van der Waals surface area contributed by atoms with Crippen molar-refractivity contribution in [2.24, 2.45) is 4.99 Å². The van der Waals surface area contributed by atoms with Crippen LogP contribution in [0.1, 0.15) is 22.7 Å². The highest BCUT2D eigenvalue weighted by Crippen LogP contribution is 2.27. The minimum atomic E-state index is -0.689. The summed E-state index contributed by atoms with van der Waals surface area (Å²) in [6, 6.07) is 19.0. The van der Waals surface area contributed by atoms with Crippen LogP contribution in [0.3, 0.4) is 0 Å². The van der Waals surface area contributed by atoms with Crippen LogP contribution in [0.25, 0.3) is 10.2 Å². The molecule has 0 bridgehead atoms. The lowest BCUT2D eigenvalue weighted by molar-refractivity contribution is 0.317. The Morgan fingerprint density at radius 1 is 1.00 bits per heavy atom. The monoisotopic (exact) mass is 436 g/mol. The Labute approximate surface area is 181 Å². The zero-order valence-electron chi connectivity index (χ0n) is 16.4. The van der Waals surface area contributed by atoms with Gasteiger partial charge in [0.25, 0.3) is 0 Å². The Morgan fingerprint density at radius 3 is 2.52 bits per heavy atom. The van der Waals surface area contributed by atoms with Gasteiger partial charge in [-0.15, -0.1) is 0 Å². The number of fused-ring (bicyclic) bond motifs is 1. The largest absolute Gasteiger partial charge is 0.475 e. The molecule has 4 nitrogen and oxygen atoms in total. The minimum absolute atomic E-state index is 0.00612. The van der Waals surface area contributed by atoms with Crippen molar-refractivity contribution >= 4 is 27.5 Å². The highest BCUT2D eigenvalue weighted by Gasteiger charge is 2.26. The van der Waals surface area contributed by atoms with Crippen LogP contribution in [-0.4, -0.2) is 17.1 Å². The van der Waals surface area contributed by atoms with Crippen molar-refractivity contribution in [3.8, 4) is 0 Å². The van der Waals surface area contributed by atoms with Gasteiger partial charge in [-0.2, -0.15) is 0 Å². The average molecular weight is 436 g/mol. The zero-order chi connectivity index (χ0) is 21.4. The number of para-hydroxylation sites is 1. The molecule has 1 aliphatic rings. The van der Waals surface area contributed by atoms with E-state index in [1.807, 2.05) is 48.5 Å². The number of aryl methyl sites for hydroxylation is 2. The lowest BCUT2D eigenvalue weighted by Crippen LogP contribution is -2.14. The molecule has 4 aromatic rings. The Morgan fingerprint density at radius 2 is 1.74 bits per heavy atom. The highest BCUT2D eigenvalue weighted by molar-refractivity contribution is 7.16. The zero-order valence-corrected chi connectivity index (χ0v) is 17.2. The lowest BCUT2D eigenvalue weighted by Gasteiger charge is -2.08. The third kappa shape index (κ3) is 3.77. The van der Waals surface area contributed by atoms with E-state index < -0.39 is 11.6 Å². The van der Waals surface area contributed by atoms with Crippen LogP contribution in [0.2, 0.25) is 0 Å². The van der Waals surface area contributed by atoms with E-state index in [1.54, 1.807) is 4.57 Å². The molecule has 0 aliphatic carbocycles. The second-order valence-corrected chi connectivity index (χ2v) is 8.33. The van der Waals surface area contributed by atoms with Gasteiger partial charge in [0.1, 0.15) is 29.8 Å². The molecular formula is C24H18F2N2O2S. The number of thiazole rings is 1. The van der Waals surface area contributed by atoms with Gasteiger partial charge in [-0.05, 0) is 41.8 Å². The number of nitrogens with zero attached hydrogens (tertiary/aromatic N) is 2. The molecule has 5 rings (SSSR count). The van der Waals surface area contributed by atoms with Gasteiger partial charge in [0.15, 0.2) is 0 Å². The Kier molecular flexibility index (Phi) is 5.11. The Hall–Kier alpha value is -3.32. The lowest BCUT2D eigenvalue weighted by atomic mass is 10.0. The molecule has 31 heavy (non-hydrogen) atoms. The summed E-state index contributed by atoms with van der Waals surface area (Å²) >= 11 is 1.26. The smallest absolute Gasteiger partial charge is 0.308 e. The summed E-state index contributed by atoms with van der Waals surface area (Å²) in [5.41, 5.74) is 2.73. The second-order valence-electron chi connectivity index (χ2n) is 7.34. The van der Waals surface area contributed by atoms with Gasteiger partial charge in [-0.3, -0.25) is 9.36 Å². The number of aromatic nitrogens is 1. The SMILES string of the molecule is O=c1sc2ccccc2n1CCc1ccc(C2COC(c3c(F)cccc3F)=N2)cc1. The highest BCUT2D eigenvalue weighted by atomic mass is 32.1. The first-order valence-electron chi connectivity index (χ1n) is 9.92. The molecule has 0 fully saturated rings. The summed E-state index contributed by atoms with van der Waals surface area (Å²) in [7, 11) is 0. The summed E-state index contributed by atoms with van der Waals surface area (Å²) < 4.78 is 36.3. The number of hydrogen-bond acceptors (Lipinski definition) is 4. The maximum Gasteiger partial charge on any atom is 0.308 e. The molecule has 1 aromatic heterocycles. The van der Waals surface area contributed by atoms with Gasteiger partial charge in [0.05, 0.1) is 10.2 Å². The van der Waals surface area contributed by atoms with Crippen molar-refractivity contribution in [2.75, 3.05) is 6.61 Å². The molecular weight excluding hydrogens is 418 g/mol. The molecule has 3 aromatic carbocycles. The summed E-state index contributed by atoms with van der Waals surface area (Å²) in [6.07, 6.45) is 0.719. The third-order valence-electron chi connectivity index (χ3n) is 5.39. The molecule has 156 valence electrons. The molecule has 7 heteroatoms. The molecule has 0 N–H and O–H groups in total. The van der Waals surface area contributed by atoms with E-state index in [4.69, 9.17) is 4.74 Å². The van der Waals surface area contributed by atoms with Gasteiger partial charge < -0.3 is 4.74 Å². The van der Waals surface area contributed by atoms with E-state index in [9.17, 15) is 13.6 Å². The number of halogens is 2. The molecule has 0 radical (unpaired) electrons. The van der Waals surface area contributed by atoms with Gasteiger partial charge in [0, 0.05) is 6.54 Å². The van der Waals surface area contributed by atoms with E-state index in [2.05, 4.69) is 4.99 Å². The summed E-state index contributed by atoms with van der Waals surface area (Å²) in [5.74, 6) is -1.38. The van der Waals surface area contributed by atoms with Gasteiger partial charge in [-0.25, -0.2) is 13.8 Å². The van der Waals surface area contributed by atoms with E-state index in [1.165, 1.54) is 29.5 Å². The number of ether oxygens (including phenoxy) is 1. The normalized spacial score (nSPS) is 15.8. The second kappa shape index (κ2) is 8.07. The van der Waals surface area contributed by atoms with Gasteiger partial charge in [-0.1, -0.05) is 53.8 Å². The minimum Gasteiger partial charge on any atom is -0.475 e. The molecule has 1 aliphatic heterocycles. The van der Waals surface area contributed by atoms with Crippen LogP contribution in [-0.2, 0) is 17.7 Å². The first-order chi connectivity index (χ1) is 15.1. The fourth-order valence-electron chi connectivity index (χ4n) is 3.76. The van der Waals surface area contributed by atoms with Gasteiger partial charge >= 0.3 is 4.87 Å².